The van der Waals surface area contributed by atoms with E-state index in [9.17, 15) is 0 Å². The summed E-state index contributed by atoms with van der Waals surface area (Å²) in [6, 6.07) is 0. The summed E-state index contributed by atoms with van der Waals surface area (Å²) in [5.74, 6) is 0. The number of aliphatic hydroxyl groups is 1. The van der Waals surface area contributed by atoms with Crippen LogP contribution in [0.3, 0.4) is 0 Å². The van der Waals surface area contributed by atoms with Crippen LogP contribution in [0.4, 0.5) is 0 Å². The fourth-order valence-electron chi connectivity index (χ4n) is 3.60. The molecule has 0 heterocycles. The van der Waals surface area contributed by atoms with Crippen molar-refractivity contribution in [2.24, 2.45) is 10.8 Å². The Morgan fingerprint density at radius 3 is 2.46 bits per heavy atom. The van der Waals surface area contributed by atoms with Gasteiger partial charge < -0.3 is 5.11 Å². The van der Waals surface area contributed by atoms with E-state index in [1.807, 2.05) is 6.92 Å². The van der Waals surface area contributed by atoms with Crippen molar-refractivity contribution in [1.82, 2.24) is 0 Å². The lowest BCUT2D eigenvalue weighted by Crippen LogP contribution is -2.60. The van der Waals surface area contributed by atoms with E-state index in [-0.39, 0.29) is 6.61 Å². The average molecular weight is 180 g/mol. The van der Waals surface area contributed by atoms with Crippen molar-refractivity contribution < 1.29 is 5.11 Å². The summed E-state index contributed by atoms with van der Waals surface area (Å²) in [5, 5.41) is 8.93. The number of allylic oxidation sites excluding steroid dienone is 1. The molecule has 0 amide bonds. The topological polar surface area (TPSA) is 20.2 Å². The summed E-state index contributed by atoms with van der Waals surface area (Å²) in [4.78, 5) is 0. The zero-order chi connectivity index (χ0) is 9.53. The van der Waals surface area contributed by atoms with E-state index in [0.717, 1.165) is 11.0 Å². The van der Waals surface area contributed by atoms with Gasteiger partial charge in [-0.3, -0.25) is 0 Å². The molecule has 0 spiro atoms. The first-order valence-corrected chi connectivity index (χ1v) is 5.43. The summed E-state index contributed by atoms with van der Waals surface area (Å²) in [6.45, 7) is 4.55. The Labute approximate surface area is 80.8 Å². The molecular weight excluding hydrogens is 160 g/mol. The molecule has 3 rings (SSSR count). The third kappa shape index (κ3) is 1.34. The lowest BCUT2D eigenvalue weighted by molar-refractivity contribution is -0.173. The molecule has 0 unspecified atom stereocenters. The number of aliphatic hydroxyl groups excluding tert-OH is 1. The first kappa shape index (κ1) is 9.26. The van der Waals surface area contributed by atoms with E-state index in [0.29, 0.717) is 5.41 Å². The van der Waals surface area contributed by atoms with Gasteiger partial charge in [0.05, 0.1) is 6.61 Å². The predicted molar refractivity (Wildman–Crippen MR) is 54.5 cm³/mol. The van der Waals surface area contributed by atoms with Crippen LogP contribution < -0.4 is 0 Å². The zero-order valence-electron chi connectivity index (χ0n) is 8.77. The highest BCUT2D eigenvalue weighted by molar-refractivity contribution is 5.26. The van der Waals surface area contributed by atoms with Crippen LogP contribution in [0, 0.1) is 10.8 Å². The van der Waals surface area contributed by atoms with Gasteiger partial charge in [0.25, 0.3) is 0 Å². The van der Waals surface area contributed by atoms with Crippen LogP contribution in [-0.4, -0.2) is 11.7 Å². The Bertz CT molecular complexity index is 220. The summed E-state index contributed by atoms with van der Waals surface area (Å²) in [6.07, 6.45) is 9.26. The largest absolute Gasteiger partial charge is 0.392 e. The minimum Gasteiger partial charge on any atom is -0.392 e. The molecule has 0 aromatic carbocycles. The Kier molecular flexibility index (Phi) is 2.03. The highest BCUT2D eigenvalue weighted by atomic mass is 16.3. The molecule has 0 atom stereocenters. The van der Waals surface area contributed by atoms with Crippen LogP contribution in [0.2, 0.25) is 0 Å². The molecule has 0 aromatic heterocycles. The fraction of sp³-hybridized carbons (Fsp3) is 0.833. The second-order valence-corrected chi connectivity index (χ2v) is 5.29. The van der Waals surface area contributed by atoms with Gasteiger partial charge in [0.15, 0.2) is 0 Å². The van der Waals surface area contributed by atoms with Gasteiger partial charge in [-0.15, -0.1) is 0 Å². The van der Waals surface area contributed by atoms with E-state index in [1.54, 1.807) is 0 Å². The van der Waals surface area contributed by atoms with Crippen LogP contribution in [0.25, 0.3) is 0 Å². The van der Waals surface area contributed by atoms with Crippen LogP contribution in [0.5, 0.6) is 0 Å². The van der Waals surface area contributed by atoms with Gasteiger partial charge in [0.2, 0.25) is 0 Å². The molecular formula is C12H20O. The normalized spacial score (nSPS) is 42.5. The van der Waals surface area contributed by atoms with Gasteiger partial charge in [-0.25, -0.2) is 0 Å². The van der Waals surface area contributed by atoms with Crippen molar-refractivity contribution in [2.75, 3.05) is 6.61 Å². The lowest BCUT2D eigenvalue weighted by atomic mass is 9.34. The molecule has 0 aliphatic heterocycles. The SMILES string of the molecule is CCCC12CC(/C=C(\C)CO)(C1)C2. The van der Waals surface area contributed by atoms with Crippen molar-refractivity contribution >= 4 is 0 Å². The van der Waals surface area contributed by atoms with Gasteiger partial charge in [-0.05, 0) is 43.4 Å². The van der Waals surface area contributed by atoms with E-state index < -0.39 is 0 Å². The summed E-state index contributed by atoms with van der Waals surface area (Å²) < 4.78 is 0. The monoisotopic (exact) mass is 180 g/mol. The van der Waals surface area contributed by atoms with Crippen LogP contribution >= 0.6 is 0 Å². The first-order valence-electron chi connectivity index (χ1n) is 5.43. The van der Waals surface area contributed by atoms with Crippen molar-refractivity contribution in [2.45, 2.75) is 46.0 Å². The van der Waals surface area contributed by atoms with Gasteiger partial charge in [0.1, 0.15) is 0 Å². The van der Waals surface area contributed by atoms with Gasteiger partial charge >= 0.3 is 0 Å². The fourth-order valence-corrected chi connectivity index (χ4v) is 3.60. The van der Waals surface area contributed by atoms with Crippen LogP contribution in [0.15, 0.2) is 11.6 Å². The molecule has 74 valence electrons. The minimum absolute atomic E-state index is 0.239. The molecule has 1 nitrogen and oxygen atoms in total. The highest BCUT2D eigenvalue weighted by Gasteiger charge is 2.65. The van der Waals surface area contributed by atoms with Crippen molar-refractivity contribution in [3.8, 4) is 0 Å². The second kappa shape index (κ2) is 2.84. The maximum absolute atomic E-state index is 8.93. The van der Waals surface area contributed by atoms with Crippen molar-refractivity contribution in [1.29, 1.82) is 0 Å². The van der Waals surface area contributed by atoms with Crippen molar-refractivity contribution in [3.05, 3.63) is 11.6 Å². The highest BCUT2D eigenvalue weighted by Crippen LogP contribution is 2.75. The molecule has 3 saturated carbocycles. The summed E-state index contributed by atoms with van der Waals surface area (Å²) in [5.41, 5.74) is 2.42. The van der Waals surface area contributed by atoms with E-state index in [2.05, 4.69) is 13.0 Å². The molecule has 3 aliphatic rings. The van der Waals surface area contributed by atoms with Gasteiger partial charge in [-0.2, -0.15) is 0 Å². The molecule has 0 radical (unpaired) electrons. The third-order valence-corrected chi connectivity index (χ3v) is 3.76. The third-order valence-electron chi connectivity index (χ3n) is 3.76. The lowest BCUT2D eigenvalue weighted by Gasteiger charge is -2.70. The molecule has 3 aliphatic carbocycles. The minimum atomic E-state index is 0.239. The summed E-state index contributed by atoms with van der Waals surface area (Å²) >= 11 is 0. The Balaban J connectivity index is 1.89. The second-order valence-electron chi connectivity index (χ2n) is 5.29. The Morgan fingerprint density at radius 2 is 2.00 bits per heavy atom. The van der Waals surface area contributed by atoms with Crippen molar-refractivity contribution in [3.63, 3.8) is 0 Å². The molecule has 2 bridgehead atoms. The molecule has 0 saturated heterocycles. The molecule has 0 aromatic rings. The van der Waals surface area contributed by atoms with E-state index >= 15 is 0 Å². The van der Waals surface area contributed by atoms with Gasteiger partial charge in [-0.1, -0.05) is 25.0 Å². The zero-order valence-corrected chi connectivity index (χ0v) is 8.77. The number of rotatable bonds is 4. The molecule has 3 fully saturated rings. The first-order chi connectivity index (χ1) is 6.14. The molecule has 1 heteroatoms. The Hall–Kier alpha value is -0.300. The van der Waals surface area contributed by atoms with Gasteiger partial charge in [0, 0.05) is 0 Å². The van der Waals surface area contributed by atoms with Crippen LogP contribution in [-0.2, 0) is 0 Å². The number of hydrogen-bond donors (Lipinski definition) is 1. The smallest absolute Gasteiger partial charge is 0.0639 e. The van der Waals surface area contributed by atoms with E-state index in [4.69, 9.17) is 5.11 Å². The standard InChI is InChI=1S/C12H20O/c1-3-4-11-7-12(8-11,9-11)5-10(2)6-13/h5,13H,3-4,6-9H2,1-2H3/b10-5+. The maximum atomic E-state index is 8.93. The Morgan fingerprint density at radius 1 is 1.38 bits per heavy atom. The van der Waals surface area contributed by atoms with E-state index in [1.165, 1.54) is 32.1 Å². The predicted octanol–water partition coefficient (Wildman–Crippen LogP) is 2.90. The number of hydrogen-bond acceptors (Lipinski definition) is 1. The maximum Gasteiger partial charge on any atom is 0.0639 e. The summed E-state index contributed by atoms with van der Waals surface area (Å²) in [7, 11) is 0. The molecule has 13 heavy (non-hydrogen) atoms. The van der Waals surface area contributed by atoms with Crippen LogP contribution in [0.1, 0.15) is 46.0 Å². The quantitative estimate of drug-likeness (QED) is 0.659. The molecule has 1 N–H and O–H groups in total. The average Bonchev–Trinajstić information content (AvgIpc) is 1.98.